The van der Waals surface area contributed by atoms with Crippen LogP contribution in [0.3, 0.4) is 0 Å². The molecule has 7 nitrogen and oxygen atoms in total. The number of nitrogens with zero attached hydrogens (tertiary/aromatic N) is 1. The predicted octanol–water partition coefficient (Wildman–Crippen LogP) is 5.94. The van der Waals surface area contributed by atoms with Gasteiger partial charge in [-0.25, -0.2) is 0 Å². The Morgan fingerprint density at radius 1 is 0.923 bits per heavy atom. The molecule has 39 heavy (non-hydrogen) atoms. The molecule has 0 saturated carbocycles. The molecule has 3 aromatic carbocycles. The molecule has 4 rings (SSSR count). The number of benzene rings is 3. The van der Waals surface area contributed by atoms with Gasteiger partial charge in [0.1, 0.15) is 11.5 Å². The standard InChI is InChI=1S/C32H35NO6/c1-4-6-19-39-25-14-10-13-24(20-25)30(34)28-29(23-15-16-26(38-5-2)27(21-23)37-3)33(32(36)31(28)35)18-17-22-11-8-7-9-12-22/h7-16,20-21,29,34H,4-6,17-19H2,1-3H3/b30-28+. The molecule has 204 valence electrons. The fourth-order valence-corrected chi connectivity index (χ4v) is 4.70. The molecule has 0 aromatic heterocycles. The van der Waals surface area contributed by atoms with Crippen molar-refractivity contribution in [2.45, 2.75) is 39.2 Å². The number of hydrogen-bond acceptors (Lipinski definition) is 6. The summed E-state index contributed by atoms with van der Waals surface area (Å²) in [6.07, 6.45) is 2.46. The number of hydrogen-bond donors (Lipinski definition) is 1. The van der Waals surface area contributed by atoms with Crippen molar-refractivity contribution in [3.63, 3.8) is 0 Å². The quantitative estimate of drug-likeness (QED) is 0.135. The van der Waals surface area contributed by atoms with Crippen molar-refractivity contribution in [1.82, 2.24) is 4.90 Å². The van der Waals surface area contributed by atoms with Gasteiger partial charge in [-0.05, 0) is 55.2 Å². The van der Waals surface area contributed by atoms with Crippen LogP contribution in [0.4, 0.5) is 0 Å². The lowest BCUT2D eigenvalue weighted by atomic mass is 9.94. The van der Waals surface area contributed by atoms with Gasteiger partial charge in [-0.15, -0.1) is 0 Å². The molecule has 0 aliphatic carbocycles. The van der Waals surface area contributed by atoms with Crippen LogP contribution in [0.25, 0.3) is 5.76 Å². The highest BCUT2D eigenvalue weighted by Crippen LogP contribution is 2.42. The van der Waals surface area contributed by atoms with Crippen LogP contribution in [0.2, 0.25) is 0 Å². The molecule has 1 saturated heterocycles. The van der Waals surface area contributed by atoms with E-state index in [1.165, 1.54) is 12.0 Å². The fraction of sp³-hybridized carbons (Fsp3) is 0.312. The molecule has 0 radical (unpaired) electrons. The first kappa shape index (κ1) is 27.8. The van der Waals surface area contributed by atoms with E-state index >= 15 is 0 Å². The number of ketones is 1. The zero-order chi connectivity index (χ0) is 27.8. The van der Waals surface area contributed by atoms with Crippen LogP contribution in [0, 0.1) is 0 Å². The summed E-state index contributed by atoms with van der Waals surface area (Å²) in [7, 11) is 1.54. The van der Waals surface area contributed by atoms with Crippen LogP contribution in [-0.2, 0) is 16.0 Å². The number of ether oxygens (including phenoxy) is 3. The number of aliphatic hydroxyl groups excluding tert-OH is 1. The summed E-state index contributed by atoms with van der Waals surface area (Å²) < 4.78 is 17.0. The van der Waals surface area contributed by atoms with E-state index in [1.807, 2.05) is 37.3 Å². The highest BCUT2D eigenvalue weighted by molar-refractivity contribution is 6.46. The Hall–Kier alpha value is -4.26. The van der Waals surface area contributed by atoms with Gasteiger partial charge in [-0.1, -0.05) is 61.9 Å². The van der Waals surface area contributed by atoms with E-state index in [0.29, 0.717) is 54.6 Å². The zero-order valence-corrected chi connectivity index (χ0v) is 22.7. The first-order valence-electron chi connectivity index (χ1n) is 13.3. The second-order valence-corrected chi connectivity index (χ2v) is 9.30. The molecule has 1 amide bonds. The number of carbonyl (C=O) groups excluding carboxylic acids is 2. The molecular formula is C32H35NO6. The molecule has 1 unspecified atom stereocenters. The Morgan fingerprint density at radius 2 is 1.72 bits per heavy atom. The van der Waals surface area contributed by atoms with Crippen molar-refractivity contribution in [2.24, 2.45) is 0 Å². The minimum atomic E-state index is -0.803. The molecule has 1 aliphatic heterocycles. The Balaban J connectivity index is 1.78. The monoisotopic (exact) mass is 529 g/mol. The summed E-state index contributed by atoms with van der Waals surface area (Å²) in [5.41, 5.74) is 2.12. The molecule has 1 fully saturated rings. The van der Waals surface area contributed by atoms with Gasteiger partial charge in [0.25, 0.3) is 11.7 Å². The summed E-state index contributed by atoms with van der Waals surface area (Å²) in [5.74, 6) is 0.00656. The molecule has 3 aromatic rings. The summed E-state index contributed by atoms with van der Waals surface area (Å²) in [4.78, 5) is 28.3. The average molecular weight is 530 g/mol. The van der Waals surface area contributed by atoms with Crippen molar-refractivity contribution >= 4 is 17.4 Å². The Bertz CT molecular complexity index is 1330. The Morgan fingerprint density at radius 3 is 2.44 bits per heavy atom. The van der Waals surface area contributed by atoms with Gasteiger partial charge >= 0.3 is 0 Å². The van der Waals surface area contributed by atoms with Crippen molar-refractivity contribution in [2.75, 3.05) is 26.9 Å². The number of carbonyl (C=O) groups is 2. The lowest BCUT2D eigenvalue weighted by Gasteiger charge is -2.26. The van der Waals surface area contributed by atoms with Crippen LogP contribution in [0.5, 0.6) is 17.2 Å². The lowest BCUT2D eigenvalue weighted by Crippen LogP contribution is -2.31. The Labute approximate surface area is 229 Å². The number of amides is 1. The SMILES string of the molecule is CCCCOc1cccc(/C(O)=C2\C(=O)C(=O)N(CCc3ccccc3)C2c2ccc(OCC)c(OC)c2)c1. The number of rotatable bonds is 12. The van der Waals surface area contributed by atoms with Crippen LogP contribution in [0.15, 0.2) is 78.4 Å². The van der Waals surface area contributed by atoms with Crippen LogP contribution < -0.4 is 14.2 Å². The van der Waals surface area contributed by atoms with Crippen LogP contribution >= 0.6 is 0 Å². The third kappa shape index (κ3) is 6.25. The van der Waals surface area contributed by atoms with E-state index in [0.717, 1.165) is 18.4 Å². The third-order valence-electron chi connectivity index (χ3n) is 6.70. The zero-order valence-electron chi connectivity index (χ0n) is 22.7. The van der Waals surface area contributed by atoms with E-state index in [-0.39, 0.29) is 11.3 Å². The van der Waals surface area contributed by atoms with E-state index in [9.17, 15) is 14.7 Å². The maximum absolute atomic E-state index is 13.4. The molecule has 0 bridgehead atoms. The van der Waals surface area contributed by atoms with Crippen molar-refractivity contribution in [1.29, 1.82) is 0 Å². The highest BCUT2D eigenvalue weighted by atomic mass is 16.5. The topological polar surface area (TPSA) is 85.3 Å². The Kier molecular flexibility index (Phi) is 9.26. The third-order valence-corrected chi connectivity index (χ3v) is 6.70. The van der Waals surface area contributed by atoms with Crippen molar-refractivity contribution < 1.29 is 28.9 Å². The summed E-state index contributed by atoms with van der Waals surface area (Å²) in [6, 6.07) is 21.3. The van der Waals surface area contributed by atoms with Crippen molar-refractivity contribution in [3.05, 3.63) is 95.1 Å². The second-order valence-electron chi connectivity index (χ2n) is 9.30. The normalized spacial score (nSPS) is 16.4. The van der Waals surface area contributed by atoms with E-state index in [4.69, 9.17) is 14.2 Å². The van der Waals surface area contributed by atoms with Gasteiger partial charge in [0, 0.05) is 12.1 Å². The number of Topliss-reactive ketones (excluding diaryl/α,β-unsaturated/α-hetero) is 1. The average Bonchev–Trinajstić information content (AvgIpc) is 3.22. The van der Waals surface area contributed by atoms with E-state index < -0.39 is 17.7 Å². The van der Waals surface area contributed by atoms with E-state index in [2.05, 4.69) is 6.92 Å². The van der Waals surface area contributed by atoms with Gasteiger partial charge in [0.15, 0.2) is 11.5 Å². The minimum Gasteiger partial charge on any atom is -0.507 e. The second kappa shape index (κ2) is 13.0. The molecular weight excluding hydrogens is 494 g/mol. The predicted molar refractivity (Wildman–Crippen MR) is 150 cm³/mol. The summed E-state index contributed by atoms with van der Waals surface area (Å²) >= 11 is 0. The first-order valence-corrected chi connectivity index (χ1v) is 13.3. The van der Waals surface area contributed by atoms with E-state index in [1.54, 1.807) is 42.5 Å². The van der Waals surface area contributed by atoms with Gasteiger partial charge in [0.05, 0.1) is 31.9 Å². The lowest BCUT2D eigenvalue weighted by molar-refractivity contribution is -0.139. The summed E-state index contributed by atoms with van der Waals surface area (Å²) in [5, 5.41) is 11.5. The number of aliphatic hydroxyl groups is 1. The molecule has 1 heterocycles. The maximum atomic E-state index is 13.4. The molecule has 1 aliphatic rings. The van der Waals surface area contributed by atoms with Crippen LogP contribution in [0.1, 0.15) is 49.4 Å². The number of likely N-dealkylation sites (tertiary alicyclic amines) is 1. The maximum Gasteiger partial charge on any atom is 0.295 e. The van der Waals surface area contributed by atoms with Gasteiger partial charge in [-0.3, -0.25) is 9.59 Å². The first-order chi connectivity index (χ1) is 19.0. The highest BCUT2D eigenvalue weighted by Gasteiger charge is 2.46. The molecule has 0 spiro atoms. The number of unbranched alkanes of at least 4 members (excludes halogenated alkanes) is 1. The smallest absolute Gasteiger partial charge is 0.295 e. The molecule has 1 N–H and O–H groups in total. The number of methoxy groups -OCH3 is 1. The molecule has 7 heteroatoms. The van der Waals surface area contributed by atoms with Crippen molar-refractivity contribution in [3.8, 4) is 17.2 Å². The summed E-state index contributed by atoms with van der Waals surface area (Å²) in [6.45, 7) is 5.27. The van der Waals surface area contributed by atoms with Crippen LogP contribution in [-0.4, -0.2) is 48.6 Å². The minimum absolute atomic E-state index is 0.0324. The molecule has 1 atom stereocenters. The van der Waals surface area contributed by atoms with Gasteiger partial charge < -0.3 is 24.2 Å². The van der Waals surface area contributed by atoms with Gasteiger partial charge in [-0.2, -0.15) is 0 Å². The largest absolute Gasteiger partial charge is 0.507 e. The van der Waals surface area contributed by atoms with Gasteiger partial charge in [0.2, 0.25) is 0 Å². The fourth-order valence-electron chi connectivity index (χ4n) is 4.70.